The Balaban J connectivity index is 2.82. The van der Waals surface area contributed by atoms with E-state index in [-0.39, 0.29) is 5.11 Å². The molecule has 7 heteroatoms. The molecule has 1 rings (SSSR count). The SMILES string of the molecule is CC(=O)Oc1cccnc1/C=N/NC(N)=S. The number of carbonyl (C=O) groups excluding carboxylic acids is 1. The Kier molecular flexibility index (Phi) is 4.34. The second-order valence-corrected chi connectivity index (χ2v) is 3.15. The van der Waals surface area contributed by atoms with Gasteiger partial charge in [0.2, 0.25) is 0 Å². The third-order valence-corrected chi connectivity index (χ3v) is 1.51. The first-order valence-corrected chi connectivity index (χ1v) is 4.72. The van der Waals surface area contributed by atoms with Gasteiger partial charge in [-0.25, -0.2) is 0 Å². The summed E-state index contributed by atoms with van der Waals surface area (Å²) in [5, 5.41) is 3.76. The third-order valence-electron chi connectivity index (χ3n) is 1.42. The molecule has 6 nitrogen and oxygen atoms in total. The lowest BCUT2D eigenvalue weighted by molar-refractivity contribution is -0.131. The van der Waals surface area contributed by atoms with Gasteiger partial charge in [0.25, 0.3) is 0 Å². The summed E-state index contributed by atoms with van der Waals surface area (Å²) in [6.07, 6.45) is 2.91. The zero-order valence-electron chi connectivity index (χ0n) is 8.51. The Morgan fingerprint density at radius 3 is 3.12 bits per heavy atom. The average Bonchev–Trinajstić information content (AvgIpc) is 2.19. The number of pyridine rings is 1. The molecule has 1 heterocycles. The number of hydrogen-bond acceptors (Lipinski definition) is 5. The third kappa shape index (κ3) is 4.01. The Hall–Kier alpha value is -2.02. The maximum atomic E-state index is 10.8. The second kappa shape index (κ2) is 5.76. The zero-order chi connectivity index (χ0) is 12.0. The minimum absolute atomic E-state index is 0.0428. The fourth-order valence-corrected chi connectivity index (χ4v) is 0.951. The summed E-state index contributed by atoms with van der Waals surface area (Å²) in [5.74, 6) is -0.103. The summed E-state index contributed by atoms with van der Waals surface area (Å²) in [5.41, 5.74) is 7.95. The number of ether oxygens (including phenoxy) is 1. The van der Waals surface area contributed by atoms with E-state index >= 15 is 0 Å². The molecular weight excluding hydrogens is 228 g/mol. The molecule has 3 N–H and O–H groups in total. The Labute approximate surface area is 97.5 Å². The van der Waals surface area contributed by atoms with Crippen LogP contribution in [0.3, 0.4) is 0 Å². The molecule has 0 radical (unpaired) electrons. The molecule has 84 valence electrons. The van der Waals surface area contributed by atoms with Crippen LogP contribution < -0.4 is 15.9 Å². The van der Waals surface area contributed by atoms with Crippen molar-refractivity contribution in [2.45, 2.75) is 6.92 Å². The highest BCUT2D eigenvalue weighted by Gasteiger charge is 2.04. The molecule has 16 heavy (non-hydrogen) atoms. The highest BCUT2D eigenvalue weighted by atomic mass is 32.1. The van der Waals surface area contributed by atoms with E-state index in [2.05, 4.69) is 27.7 Å². The topological polar surface area (TPSA) is 89.6 Å². The summed E-state index contributed by atoms with van der Waals surface area (Å²) in [7, 11) is 0. The normalized spacial score (nSPS) is 10.1. The zero-order valence-corrected chi connectivity index (χ0v) is 9.32. The molecule has 1 aromatic heterocycles. The van der Waals surface area contributed by atoms with E-state index < -0.39 is 5.97 Å². The van der Waals surface area contributed by atoms with Crippen molar-refractivity contribution in [2.24, 2.45) is 10.8 Å². The van der Waals surface area contributed by atoms with Gasteiger partial charge in [0.15, 0.2) is 10.9 Å². The first-order valence-electron chi connectivity index (χ1n) is 4.31. The number of nitrogens with two attached hydrogens (primary N) is 1. The maximum absolute atomic E-state index is 10.8. The van der Waals surface area contributed by atoms with E-state index in [4.69, 9.17) is 10.5 Å². The van der Waals surface area contributed by atoms with E-state index in [1.807, 2.05) is 0 Å². The number of rotatable bonds is 3. The molecule has 0 saturated carbocycles. The lowest BCUT2D eigenvalue weighted by Gasteiger charge is -2.03. The summed E-state index contributed by atoms with van der Waals surface area (Å²) in [4.78, 5) is 14.8. The van der Waals surface area contributed by atoms with E-state index in [0.29, 0.717) is 11.4 Å². The van der Waals surface area contributed by atoms with Crippen LogP contribution in [0.4, 0.5) is 0 Å². The van der Waals surface area contributed by atoms with E-state index in [0.717, 1.165) is 0 Å². The number of hydrogen-bond donors (Lipinski definition) is 2. The predicted octanol–water partition coefficient (Wildman–Crippen LogP) is 0.174. The first kappa shape index (κ1) is 12.1. The van der Waals surface area contributed by atoms with Gasteiger partial charge in [-0.1, -0.05) is 0 Å². The second-order valence-electron chi connectivity index (χ2n) is 2.71. The number of aromatic nitrogens is 1. The molecule has 0 aliphatic rings. The van der Waals surface area contributed by atoms with Crippen molar-refractivity contribution in [3.8, 4) is 5.75 Å². The fraction of sp³-hybridized carbons (Fsp3) is 0.111. The van der Waals surface area contributed by atoms with Crippen molar-refractivity contribution in [2.75, 3.05) is 0 Å². The van der Waals surface area contributed by atoms with Crippen LogP contribution in [0, 0.1) is 0 Å². The molecule has 0 aliphatic carbocycles. The van der Waals surface area contributed by atoms with Crippen molar-refractivity contribution >= 4 is 29.5 Å². The maximum Gasteiger partial charge on any atom is 0.308 e. The van der Waals surface area contributed by atoms with Gasteiger partial charge < -0.3 is 10.5 Å². The minimum atomic E-state index is -0.426. The summed E-state index contributed by atoms with van der Waals surface area (Å²) < 4.78 is 4.92. The lowest BCUT2D eigenvalue weighted by atomic mass is 10.3. The molecule has 0 spiro atoms. The highest BCUT2D eigenvalue weighted by Crippen LogP contribution is 2.12. The van der Waals surface area contributed by atoms with Crippen LogP contribution in [0.1, 0.15) is 12.6 Å². The largest absolute Gasteiger partial charge is 0.424 e. The first-order chi connectivity index (χ1) is 7.59. The quantitative estimate of drug-likeness (QED) is 0.338. The van der Waals surface area contributed by atoms with Crippen molar-refractivity contribution in [3.05, 3.63) is 24.0 Å². The van der Waals surface area contributed by atoms with Crippen LogP contribution in [-0.4, -0.2) is 22.3 Å². The summed E-state index contributed by atoms with van der Waals surface area (Å²) in [6.45, 7) is 1.31. The predicted molar refractivity (Wildman–Crippen MR) is 63.1 cm³/mol. The fourth-order valence-electron chi connectivity index (χ4n) is 0.898. The van der Waals surface area contributed by atoms with Crippen LogP contribution in [0.15, 0.2) is 23.4 Å². The molecule has 0 saturated heterocycles. The molecule has 0 atom stereocenters. The van der Waals surface area contributed by atoms with E-state index in [9.17, 15) is 4.79 Å². The van der Waals surface area contributed by atoms with E-state index in [1.165, 1.54) is 13.1 Å². The molecular formula is C9H10N4O2S. The Morgan fingerprint density at radius 1 is 1.75 bits per heavy atom. The molecule has 0 aliphatic heterocycles. The van der Waals surface area contributed by atoms with Crippen molar-refractivity contribution < 1.29 is 9.53 Å². The number of thiocarbonyl (C=S) groups is 1. The van der Waals surface area contributed by atoms with Crippen LogP contribution in [0.5, 0.6) is 5.75 Å². The van der Waals surface area contributed by atoms with Gasteiger partial charge in [-0.2, -0.15) is 5.10 Å². The van der Waals surface area contributed by atoms with Crippen molar-refractivity contribution in [1.29, 1.82) is 0 Å². The van der Waals surface area contributed by atoms with Gasteiger partial charge in [-0.15, -0.1) is 0 Å². The number of nitrogens with zero attached hydrogens (tertiary/aromatic N) is 2. The van der Waals surface area contributed by atoms with Crippen molar-refractivity contribution in [3.63, 3.8) is 0 Å². The molecule has 0 amide bonds. The summed E-state index contributed by atoms with van der Waals surface area (Å²) in [6, 6.07) is 3.26. The molecule has 0 unspecified atom stereocenters. The van der Waals surface area contributed by atoms with Crippen molar-refractivity contribution in [1.82, 2.24) is 10.4 Å². The van der Waals surface area contributed by atoms with Crippen LogP contribution in [-0.2, 0) is 4.79 Å². The molecule has 0 aromatic carbocycles. The number of esters is 1. The van der Waals surface area contributed by atoms with Crippen LogP contribution in [0.25, 0.3) is 0 Å². The van der Waals surface area contributed by atoms with Gasteiger partial charge in [-0.05, 0) is 24.4 Å². The average molecular weight is 238 g/mol. The standard InChI is InChI=1S/C9H10N4O2S/c1-6(14)15-8-3-2-4-11-7(8)5-12-13-9(10)16/h2-5H,1H3,(H3,10,13,16)/b12-5+. The Morgan fingerprint density at radius 2 is 2.50 bits per heavy atom. The highest BCUT2D eigenvalue weighted by molar-refractivity contribution is 7.80. The van der Waals surface area contributed by atoms with Crippen LogP contribution >= 0.6 is 12.2 Å². The van der Waals surface area contributed by atoms with Gasteiger partial charge >= 0.3 is 5.97 Å². The lowest BCUT2D eigenvalue weighted by Crippen LogP contribution is -2.24. The van der Waals surface area contributed by atoms with Gasteiger partial charge in [0.1, 0.15) is 5.69 Å². The van der Waals surface area contributed by atoms with Gasteiger partial charge in [-0.3, -0.25) is 15.2 Å². The van der Waals surface area contributed by atoms with E-state index in [1.54, 1.807) is 18.3 Å². The monoisotopic (exact) mass is 238 g/mol. The Bertz CT molecular complexity index is 433. The van der Waals surface area contributed by atoms with Gasteiger partial charge in [0.05, 0.1) is 6.21 Å². The number of carbonyl (C=O) groups is 1. The molecule has 1 aromatic rings. The number of hydrazone groups is 1. The minimum Gasteiger partial charge on any atom is -0.424 e. The summed E-state index contributed by atoms with van der Waals surface area (Å²) >= 11 is 4.56. The van der Waals surface area contributed by atoms with Gasteiger partial charge in [0, 0.05) is 13.1 Å². The number of nitrogens with one attached hydrogen (secondary N) is 1. The smallest absolute Gasteiger partial charge is 0.308 e. The van der Waals surface area contributed by atoms with Crippen LogP contribution in [0.2, 0.25) is 0 Å². The molecule has 0 bridgehead atoms. The molecule has 0 fully saturated rings.